The lowest BCUT2D eigenvalue weighted by Gasteiger charge is -2.12. The van der Waals surface area contributed by atoms with Gasteiger partial charge in [-0.25, -0.2) is 4.79 Å². The third-order valence-electron chi connectivity index (χ3n) is 4.14. The van der Waals surface area contributed by atoms with Gasteiger partial charge in [-0.15, -0.1) is 0 Å². The fraction of sp³-hybridized carbons (Fsp3) is 0.143. The average molecular weight is 394 g/mol. The number of aryl methyl sites for hydroxylation is 1. The third kappa shape index (κ3) is 4.86. The molecule has 0 saturated carbocycles. The summed E-state index contributed by atoms with van der Waals surface area (Å²) in [4.78, 5) is 34.7. The van der Waals surface area contributed by atoms with Crippen LogP contribution in [-0.4, -0.2) is 22.9 Å². The second-order valence-electron chi connectivity index (χ2n) is 6.37. The Labute approximate surface area is 166 Å². The summed E-state index contributed by atoms with van der Waals surface area (Å²) in [5.41, 5.74) is 2.18. The zero-order chi connectivity index (χ0) is 21.0. The molecular weight excluding hydrogens is 376 g/mol. The summed E-state index contributed by atoms with van der Waals surface area (Å²) in [6.45, 7) is 3.39. The van der Waals surface area contributed by atoms with Crippen LogP contribution >= 0.6 is 0 Å². The molecule has 29 heavy (non-hydrogen) atoms. The van der Waals surface area contributed by atoms with Crippen LogP contribution in [0, 0.1) is 17.0 Å². The van der Waals surface area contributed by atoms with Crippen molar-refractivity contribution in [3.63, 3.8) is 0 Å². The molecule has 2 aromatic carbocycles. The molecule has 3 rings (SSSR count). The molecule has 0 saturated heterocycles. The second-order valence-corrected chi connectivity index (χ2v) is 6.37. The predicted octanol–water partition coefficient (Wildman–Crippen LogP) is 4.35. The fourth-order valence-electron chi connectivity index (χ4n) is 2.50. The Hall–Kier alpha value is -3.94. The zero-order valence-electron chi connectivity index (χ0n) is 15.7. The SMILES string of the molecule is Cc1ccc(NC(=O)[C@@H](C)OC(=O)c2ccc(-c3ccc([N+](=O)[O-])cc3)o2)cc1. The van der Waals surface area contributed by atoms with Gasteiger partial charge in [0, 0.05) is 23.4 Å². The topological polar surface area (TPSA) is 112 Å². The van der Waals surface area contributed by atoms with E-state index in [1.54, 1.807) is 18.2 Å². The van der Waals surface area contributed by atoms with Crippen LogP contribution in [0.15, 0.2) is 65.1 Å². The fourth-order valence-corrected chi connectivity index (χ4v) is 2.50. The van der Waals surface area contributed by atoms with E-state index in [0.717, 1.165) is 5.56 Å². The van der Waals surface area contributed by atoms with Gasteiger partial charge in [0.05, 0.1) is 4.92 Å². The molecule has 0 spiro atoms. The summed E-state index contributed by atoms with van der Waals surface area (Å²) in [6.07, 6.45) is -1.03. The molecule has 1 amide bonds. The van der Waals surface area contributed by atoms with Gasteiger partial charge in [-0.2, -0.15) is 0 Å². The molecule has 8 heteroatoms. The van der Waals surface area contributed by atoms with E-state index in [4.69, 9.17) is 9.15 Å². The number of carbonyl (C=O) groups is 2. The first-order valence-electron chi connectivity index (χ1n) is 8.76. The highest BCUT2D eigenvalue weighted by molar-refractivity contribution is 5.96. The lowest BCUT2D eigenvalue weighted by Crippen LogP contribution is -2.29. The number of hydrogen-bond acceptors (Lipinski definition) is 6. The smallest absolute Gasteiger partial charge is 0.375 e. The molecule has 0 bridgehead atoms. The molecule has 0 aliphatic carbocycles. The van der Waals surface area contributed by atoms with E-state index in [-0.39, 0.29) is 11.4 Å². The summed E-state index contributed by atoms with van der Waals surface area (Å²) in [7, 11) is 0. The minimum atomic E-state index is -1.03. The number of rotatable bonds is 6. The van der Waals surface area contributed by atoms with Crippen molar-refractivity contribution < 1.29 is 23.7 Å². The van der Waals surface area contributed by atoms with Crippen LogP contribution < -0.4 is 5.32 Å². The number of non-ortho nitro benzene ring substituents is 1. The summed E-state index contributed by atoms with van der Waals surface area (Å²) in [6, 6.07) is 15.9. The van der Waals surface area contributed by atoms with Crippen LogP contribution in [-0.2, 0) is 9.53 Å². The maximum Gasteiger partial charge on any atom is 0.375 e. The third-order valence-corrected chi connectivity index (χ3v) is 4.14. The molecule has 0 aliphatic heterocycles. The molecular formula is C21H18N2O6. The van der Waals surface area contributed by atoms with E-state index in [9.17, 15) is 19.7 Å². The molecule has 1 atom stereocenters. The van der Waals surface area contributed by atoms with E-state index in [0.29, 0.717) is 17.0 Å². The average Bonchev–Trinajstić information content (AvgIpc) is 3.20. The molecule has 1 heterocycles. The molecule has 0 radical (unpaired) electrons. The molecule has 0 fully saturated rings. The molecule has 0 aliphatic rings. The molecule has 1 N–H and O–H groups in total. The lowest BCUT2D eigenvalue weighted by atomic mass is 10.1. The summed E-state index contributed by atoms with van der Waals surface area (Å²) >= 11 is 0. The second kappa shape index (κ2) is 8.39. The molecule has 8 nitrogen and oxygen atoms in total. The van der Waals surface area contributed by atoms with E-state index < -0.39 is 22.9 Å². The van der Waals surface area contributed by atoms with Crippen LogP contribution in [0.1, 0.15) is 23.0 Å². The molecule has 1 aromatic heterocycles. The number of anilines is 1. The van der Waals surface area contributed by atoms with Gasteiger partial charge in [-0.3, -0.25) is 14.9 Å². The lowest BCUT2D eigenvalue weighted by molar-refractivity contribution is -0.384. The number of carbonyl (C=O) groups excluding carboxylic acids is 2. The van der Waals surface area contributed by atoms with Crippen molar-refractivity contribution in [3.05, 3.63) is 82.1 Å². The maximum atomic E-state index is 12.3. The standard InChI is InChI=1S/C21H18N2O6/c1-13-3-7-16(8-4-13)22-20(24)14(2)28-21(25)19-12-11-18(29-19)15-5-9-17(10-6-15)23(26)27/h3-12,14H,1-2H3,(H,22,24)/t14-/m1/s1. The molecule has 3 aromatic rings. The van der Waals surface area contributed by atoms with Gasteiger partial charge in [0.2, 0.25) is 5.76 Å². The van der Waals surface area contributed by atoms with Crippen LogP contribution in [0.3, 0.4) is 0 Å². The van der Waals surface area contributed by atoms with Crippen molar-refractivity contribution in [2.45, 2.75) is 20.0 Å². The first-order chi connectivity index (χ1) is 13.8. The largest absolute Gasteiger partial charge is 0.449 e. The molecule has 0 unspecified atom stereocenters. The number of furan rings is 1. The van der Waals surface area contributed by atoms with Gasteiger partial charge in [-0.1, -0.05) is 17.7 Å². The number of hydrogen-bond donors (Lipinski definition) is 1. The quantitative estimate of drug-likeness (QED) is 0.378. The minimum Gasteiger partial charge on any atom is -0.449 e. The Bertz CT molecular complexity index is 1040. The van der Waals surface area contributed by atoms with Crippen molar-refractivity contribution in [3.8, 4) is 11.3 Å². The van der Waals surface area contributed by atoms with E-state index in [1.165, 1.54) is 37.3 Å². The highest BCUT2D eigenvalue weighted by Crippen LogP contribution is 2.25. The van der Waals surface area contributed by atoms with Crippen LogP contribution in [0.25, 0.3) is 11.3 Å². The van der Waals surface area contributed by atoms with E-state index in [1.807, 2.05) is 19.1 Å². The van der Waals surface area contributed by atoms with E-state index in [2.05, 4.69) is 5.32 Å². The summed E-state index contributed by atoms with van der Waals surface area (Å²) in [5.74, 6) is -0.981. The first-order valence-corrected chi connectivity index (χ1v) is 8.76. The Morgan fingerprint density at radius 2 is 1.69 bits per heavy atom. The number of ether oxygens (including phenoxy) is 1. The van der Waals surface area contributed by atoms with Gasteiger partial charge < -0.3 is 14.5 Å². The van der Waals surface area contributed by atoms with Crippen LogP contribution in [0.4, 0.5) is 11.4 Å². The van der Waals surface area contributed by atoms with Gasteiger partial charge in [0.15, 0.2) is 6.10 Å². The van der Waals surface area contributed by atoms with Gasteiger partial charge >= 0.3 is 5.97 Å². The van der Waals surface area contributed by atoms with Crippen LogP contribution in [0.2, 0.25) is 0 Å². The Balaban J connectivity index is 1.62. The summed E-state index contributed by atoms with van der Waals surface area (Å²) < 4.78 is 10.6. The number of nitro benzene ring substituents is 1. The van der Waals surface area contributed by atoms with Crippen molar-refractivity contribution >= 4 is 23.3 Å². The Morgan fingerprint density at radius 1 is 1.03 bits per heavy atom. The number of nitrogens with zero attached hydrogens (tertiary/aromatic N) is 1. The van der Waals surface area contributed by atoms with Gasteiger partial charge in [0.25, 0.3) is 11.6 Å². The highest BCUT2D eigenvalue weighted by Gasteiger charge is 2.21. The van der Waals surface area contributed by atoms with Crippen molar-refractivity contribution in [2.24, 2.45) is 0 Å². The summed E-state index contributed by atoms with van der Waals surface area (Å²) in [5, 5.41) is 13.4. The maximum absolute atomic E-state index is 12.3. The first kappa shape index (κ1) is 19.8. The van der Waals surface area contributed by atoms with Crippen molar-refractivity contribution in [1.29, 1.82) is 0 Å². The number of esters is 1. The number of benzene rings is 2. The number of nitrogens with one attached hydrogen (secondary N) is 1. The van der Waals surface area contributed by atoms with Crippen LogP contribution in [0.5, 0.6) is 0 Å². The Morgan fingerprint density at radius 3 is 2.31 bits per heavy atom. The van der Waals surface area contributed by atoms with Crippen molar-refractivity contribution in [1.82, 2.24) is 0 Å². The van der Waals surface area contributed by atoms with Gasteiger partial charge in [0.1, 0.15) is 5.76 Å². The number of nitro groups is 1. The van der Waals surface area contributed by atoms with Crippen molar-refractivity contribution in [2.75, 3.05) is 5.32 Å². The Kier molecular flexibility index (Phi) is 5.73. The molecule has 148 valence electrons. The van der Waals surface area contributed by atoms with Gasteiger partial charge in [-0.05, 0) is 50.2 Å². The monoisotopic (exact) mass is 394 g/mol. The number of amides is 1. The van der Waals surface area contributed by atoms with E-state index >= 15 is 0 Å². The zero-order valence-corrected chi connectivity index (χ0v) is 15.7. The predicted molar refractivity (Wildman–Crippen MR) is 105 cm³/mol. The normalized spacial score (nSPS) is 11.5. The highest BCUT2D eigenvalue weighted by atomic mass is 16.6. The minimum absolute atomic E-state index is 0.0478.